The first-order valence-electron chi connectivity index (χ1n) is 10.5. The summed E-state index contributed by atoms with van der Waals surface area (Å²) < 4.78 is 6.97. The van der Waals surface area contributed by atoms with E-state index in [2.05, 4.69) is 15.4 Å². The van der Waals surface area contributed by atoms with E-state index in [1.54, 1.807) is 29.9 Å². The van der Waals surface area contributed by atoms with E-state index in [0.717, 1.165) is 11.1 Å². The number of aryl methyl sites for hydroxylation is 2. The van der Waals surface area contributed by atoms with Gasteiger partial charge in [-0.25, -0.2) is 9.78 Å². The van der Waals surface area contributed by atoms with Crippen molar-refractivity contribution in [2.24, 2.45) is 7.05 Å². The standard InChI is InChI=1S/C25H23ClN4O3/c1-16-23-20(14-21(18-6-4-3-5-7-18)28-24(23)30(2)29-16)25(32)33-15-22(31)27-13-12-17-8-10-19(26)11-9-17/h3-11,14H,12-13,15H2,1-2H3,(H,27,31). The second kappa shape index (κ2) is 9.83. The van der Waals surface area contributed by atoms with Gasteiger partial charge in [-0.05, 0) is 37.1 Å². The number of carbonyl (C=O) groups is 2. The second-order valence-corrected chi connectivity index (χ2v) is 8.07. The Kier molecular flexibility index (Phi) is 6.70. The maximum Gasteiger partial charge on any atom is 0.339 e. The molecule has 1 amide bonds. The first kappa shape index (κ1) is 22.5. The second-order valence-electron chi connectivity index (χ2n) is 7.63. The van der Waals surface area contributed by atoms with Crippen LogP contribution in [0, 0.1) is 6.92 Å². The van der Waals surface area contributed by atoms with Gasteiger partial charge in [-0.15, -0.1) is 0 Å². The van der Waals surface area contributed by atoms with Crippen LogP contribution in [0.2, 0.25) is 5.02 Å². The van der Waals surface area contributed by atoms with Crippen LogP contribution in [-0.2, 0) is 23.0 Å². The molecular weight excluding hydrogens is 440 g/mol. The molecule has 0 aliphatic carbocycles. The molecule has 4 aromatic rings. The molecule has 2 heterocycles. The van der Waals surface area contributed by atoms with Crippen molar-refractivity contribution in [3.05, 3.63) is 82.5 Å². The molecule has 168 valence electrons. The summed E-state index contributed by atoms with van der Waals surface area (Å²) in [5, 5.41) is 8.44. The zero-order valence-corrected chi connectivity index (χ0v) is 19.1. The molecule has 0 saturated carbocycles. The molecule has 0 bridgehead atoms. The monoisotopic (exact) mass is 462 g/mol. The van der Waals surface area contributed by atoms with E-state index < -0.39 is 5.97 Å². The van der Waals surface area contributed by atoms with Gasteiger partial charge in [0, 0.05) is 24.2 Å². The van der Waals surface area contributed by atoms with Crippen LogP contribution >= 0.6 is 11.6 Å². The van der Waals surface area contributed by atoms with Crippen molar-refractivity contribution >= 4 is 34.5 Å². The van der Waals surface area contributed by atoms with Gasteiger partial charge >= 0.3 is 5.97 Å². The van der Waals surface area contributed by atoms with Crippen LogP contribution in [0.1, 0.15) is 21.6 Å². The summed E-state index contributed by atoms with van der Waals surface area (Å²) in [5.74, 6) is -0.961. The number of hydrogen-bond donors (Lipinski definition) is 1. The van der Waals surface area contributed by atoms with Gasteiger partial charge in [-0.2, -0.15) is 5.10 Å². The quantitative estimate of drug-likeness (QED) is 0.418. The highest BCUT2D eigenvalue weighted by molar-refractivity contribution is 6.30. The predicted octanol–water partition coefficient (Wildman–Crippen LogP) is 4.11. The van der Waals surface area contributed by atoms with E-state index in [0.29, 0.717) is 46.0 Å². The van der Waals surface area contributed by atoms with E-state index in [1.165, 1.54) is 0 Å². The van der Waals surface area contributed by atoms with Crippen LogP contribution in [0.25, 0.3) is 22.3 Å². The number of nitrogens with one attached hydrogen (secondary N) is 1. The molecule has 4 rings (SSSR count). The lowest BCUT2D eigenvalue weighted by molar-refractivity contribution is -0.124. The van der Waals surface area contributed by atoms with Gasteiger partial charge in [0.05, 0.1) is 22.3 Å². The van der Waals surface area contributed by atoms with Crippen molar-refractivity contribution < 1.29 is 14.3 Å². The molecule has 2 aromatic heterocycles. The third kappa shape index (κ3) is 5.21. The zero-order chi connectivity index (χ0) is 23.4. The first-order valence-corrected chi connectivity index (χ1v) is 10.9. The number of amides is 1. The minimum Gasteiger partial charge on any atom is -0.452 e. The average molecular weight is 463 g/mol. The lowest BCUT2D eigenvalue weighted by atomic mass is 10.1. The van der Waals surface area contributed by atoms with E-state index >= 15 is 0 Å². The van der Waals surface area contributed by atoms with E-state index in [1.807, 2.05) is 49.4 Å². The van der Waals surface area contributed by atoms with E-state index in [-0.39, 0.29) is 12.5 Å². The highest BCUT2D eigenvalue weighted by atomic mass is 35.5. The van der Waals surface area contributed by atoms with Crippen LogP contribution in [-0.4, -0.2) is 39.8 Å². The molecule has 33 heavy (non-hydrogen) atoms. The molecule has 0 saturated heterocycles. The minimum absolute atomic E-state index is 0.332. The number of halogens is 1. The van der Waals surface area contributed by atoms with Crippen molar-refractivity contribution in [3.8, 4) is 11.3 Å². The van der Waals surface area contributed by atoms with Crippen molar-refractivity contribution in [1.82, 2.24) is 20.1 Å². The van der Waals surface area contributed by atoms with Gasteiger partial charge in [0.1, 0.15) is 0 Å². The molecule has 0 aliphatic heterocycles. The van der Waals surface area contributed by atoms with Crippen LogP contribution in [0.15, 0.2) is 60.7 Å². The summed E-state index contributed by atoms with van der Waals surface area (Å²) in [6.45, 7) is 1.87. The molecule has 0 atom stereocenters. The van der Waals surface area contributed by atoms with Gasteiger partial charge in [0.2, 0.25) is 0 Å². The summed E-state index contributed by atoms with van der Waals surface area (Å²) in [6, 6.07) is 18.7. The fourth-order valence-corrected chi connectivity index (χ4v) is 3.75. The Morgan fingerprint density at radius 1 is 1.09 bits per heavy atom. The Balaban J connectivity index is 1.46. The van der Waals surface area contributed by atoms with Crippen LogP contribution in [0.5, 0.6) is 0 Å². The molecule has 0 spiro atoms. The lowest BCUT2D eigenvalue weighted by Crippen LogP contribution is -2.30. The normalized spacial score (nSPS) is 10.9. The molecule has 7 nitrogen and oxygen atoms in total. The topological polar surface area (TPSA) is 86.1 Å². The summed E-state index contributed by atoms with van der Waals surface area (Å²) in [6.07, 6.45) is 0.650. The highest BCUT2D eigenvalue weighted by Crippen LogP contribution is 2.27. The fraction of sp³-hybridized carbons (Fsp3) is 0.200. The number of aromatic nitrogens is 3. The first-order chi connectivity index (χ1) is 15.9. The SMILES string of the molecule is Cc1nn(C)c2nc(-c3ccccc3)cc(C(=O)OCC(=O)NCCc3ccc(Cl)cc3)c12. The molecule has 8 heteroatoms. The van der Waals surface area contributed by atoms with Gasteiger partial charge in [-0.1, -0.05) is 54.1 Å². The zero-order valence-electron chi connectivity index (χ0n) is 18.3. The largest absolute Gasteiger partial charge is 0.452 e. The van der Waals surface area contributed by atoms with Gasteiger partial charge < -0.3 is 10.1 Å². The Hall–Kier alpha value is -3.71. The molecule has 0 unspecified atom stereocenters. The van der Waals surface area contributed by atoms with Gasteiger partial charge in [-0.3, -0.25) is 9.48 Å². The van der Waals surface area contributed by atoms with Gasteiger partial charge in [0.15, 0.2) is 12.3 Å². The molecule has 0 radical (unpaired) electrons. The number of esters is 1. The summed E-state index contributed by atoms with van der Waals surface area (Å²) >= 11 is 5.88. The van der Waals surface area contributed by atoms with Crippen molar-refractivity contribution in [3.63, 3.8) is 0 Å². The maximum absolute atomic E-state index is 13.0. The number of nitrogens with zero attached hydrogens (tertiary/aromatic N) is 3. The van der Waals surface area contributed by atoms with Gasteiger partial charge in [0.25, 0.3) is 5.91 Å². The number of fused-ring (bicyclic) bond motifs is 1. The third-order valence-corrected chi connectivity index (χ3v) is 5.49. The lowest BCUT2D eigenvalue weighted by Gasteiger charge is -2.09. The van der Waals surface area contributed by atoms with E-state index in [4.69, 9.17) is 16.3 Å². The third-order valence-electron chi connectivity index (χ3n) is 5.24. The van der Waals surface area contributed by atoms with Crippen molar-refractivity contribution in [1.29, 1.82) is 0 Å². The summed E-state index contributed by atoms with van der Waals surface area (Å²) in [5.41, 5.74) is 4.12. The Morgan fingerprint density at radius 3 is 2.55 bits per heavy atom. The van der Waals surface area contributed by atoms with Crippen LogP contribution < -0.4 is 5.32 Å². The van der Waals surface area contributed by atoms with Crippen LogP contribution in [0.4, 0.5) is 0 Å². The molecule has 2 aromatic carbocycles. The maximum atomic E-state index is 13.0. The average Bonchev–Trinajstić information content (AvgIpc) is 3.12. The smallest absolute Gasteiger partial charge is 0.339 e. The number of benzene rings is 2. The van der Waals surface area contributed by atoms with Crippen molar-refractivity contribution in [2.75, 3.05) is 13.2 Å². The molecule has 0 aliphatic rings. The molecule has 1 N–H and O–H groups in total. The van der Waals surface area contributed by atoms with Crippen LogP contribution in [0.3, 0.4) is 0 Å². The summed E-state index contributed by atoms with van der Waals surface area (Å²) in [7, 11) is 1.78. The Bertz CT molecular complexity index is 1300. The number of hydrogen-bond acceptors (Lipinski definition) is 5. The number of carbonyl (C=O) groups excluding carboxylic acids is 2. The number of rotatable bonds is 7. The molecular formula is C25H23ClN4O3. The van der Waals surface area contributed by atoms with Crippen molar-refractivity contribution in [2.45, 2.75) is 13.3 Å². The minimum atomic E-state index is -0.594. The Labute approximate surface area is 196 Å². The number of ether oxygens (including phenoxy) is 1. The Morgan fingerprint density at radius 2 is 1.82 bits per heavy atom. The molecule has 0 fully saturated rings. The summed E-state index contributed by atoms with van der Waals surface area (Å²) in [4.78, 5) is 29.8. The number of pyridine rings is 1. The predicted molar refractivity (Wildman–Crippen MR) is 127 cm³/mol. The van der Waals surface area contributed by atoms with E-state index in [9.17, 15) is 9.59 Å². The highest BCUT2D eigenvalue weighted by Gasteiger charge is 2.21. The fourth-order valence-electron chi connectivity index (χ4n) is 3.62.